The molecule has 0 aromatic heterocycles. The Labute approximate surface area is 162 Å². The number of carbonyl (C=O) groups excluding carboxylic acids is 2. The van der Waals surface area contributed by atoms with E-state index < -0.39 is 0 Å². The lowest BCUT2D eigenvalue weighted by Crippen LogP contribution is -2.28. The Morgan fingerprint density at radius 1 is 0.821 bits per heavy atom. The maximum absolute atomic E-state index is 12.9. The minimum absolute atomic E-state index is 0.146. The van der Waals surface area contributed by atoms with Crippen molar-refractivity contribution in [3.8, 4) is 0 Å². The summed E-state index contributed by atoms with van der Waals surface area (Å²) in [6.07, 6.45) is 6.82. The van der Waals surface area contributed by atoms with Gasteiger partial charge in [0.15, 0.2) is 0 Å². The van der Waals surface area contributed by atoms with Gasteiger partial charge >= 0.3 is 0 Å². The highest BCUT2D eigenvalue weighted by atomic mass is 16.2. The van der Waals surface area contributed by atoms with Crippen molar-refractivity contribution < 1.29 is 9.59 Å². The highest BCUT2D eigenvalue weighted by Gasteiger charge is 2.59. The molecule has 28 heavy (non-hydrogen) atoms. The molecule has 1 heterocycles. The Morgan fingerprint density at radius 3 is 1.93 bits per heavy atom. The zero-order valence-corrected chi connectivity index (χ0v) is 15.2. The van der Waals surface area contributed by atoms with Crippen LogP contribution in [0.5, 0.6) is 0 Å². The first kappa shape index (κ1) is 15.8. The molecule has 0 unspecified atom stereocenters. The molecule has 2 amide bonds. The summed E-state index contributed by atoms with van der Waals surface area (Å²) in [4.78, 5) is 25.8. The molecule has 136 valence electrons. The molecule has 1 saturated carbocycles. The highest BCUT2D eigenvalue weighted by Crippen LogP contribution is 2.52. The van der Waals surface area contributed by atoms with Crippen LogP contribution in [-0.4, -0.2) is 23.0 Å². The third kappa shape index (κ3) is 2.03. The first-order chi connectivity index (χ1) is 13.7. The first-order valence-electron chi connectivity index (χ1n) is 9.73. The number of hydrogen-bond acceptors (Lipinski definition) is 3. The van der Waals surface area contributed by atoms with Crippen molar-refractivity contribution in [2.45, 2.75) is 6.42 Å². The number of nitrogens with zero attached hydrogens (tertiary/aromatic N) is 2. The van der Waals surface area contributed by atoms with Crippen LogP contribution in [-0.2, 0) is 9.59 Å². The number of benzene rings is 3. The summed E-state index contributed by atoms with van der Waals surface area (Å²) >= 11 is 0. The molecule has 1 aliphatic heterocycles. The lowest BCUT2D eigenvalue weighted by atomic mass is 9.85. The Kier molecular flexibility index (Phi) is 3.16. The fourth-order valence-corrected chi connectivity index (χ4v) is 5.30. The Balaban J connectivity index is 1.46. The Hall–Kier alpha value is -3.27. The summed E-state index contributed by atoms with van der Waals surface area (Å²) in [7, 11) is 0. The van der Waals surface area contributed by atoms with Crippen molar-refractivity contribution in [2.24, 2.45) is 28.8 Å². The van der Waals surface area contributed by atoms with Gasteiger partial charge in [-0.25, -0.2) is 0 Å². The fraction of sp³-hybridized carbons (Fsp3) is 0.208. The first-order valence-corrected chi connectivity index (χ1v) is 9.73. The van der Waals surface area contributed by atoms with Gasteiger partial charge < -0.3 is 0 Å². The summed E-state index contributed by atoms with van der Waals surface area (Å²) in [5, 5.41) is 9.89. The Bertz CT molecular complexity index is 1140. The van der Waals surface area contributed by atoms with Crippen LogP contribution in [0.15, 0.2) is 71.9 Å². The standard InChI is InChI=1S/C24H18N2O2/c27-23-21-16-9-10-17(12-16)22(21)24(28)26(23)25-13-20-18-7-3-1-5-14(18)11-15-6-2-4-8-19(15)20/h1-11,13,16-17,21-22H,12H2/b25-13-/t16-,17-,21+,22+/m0/s1. The predicted octanol–water partition coefficient (Wildman–Crippen LogP) is 4.13. The number of fused-ring (bicyclic) bond motifs is 7. The van der Waals surface area contributed by atoms with Gasteiger partial charge in [0.2, 0.25) is 0 Å². The van der Waals surface area contributed by atoms with Gasteiger partial charge in [0.05, 0.1) is 18.1 Å². The van der Waals surface area contributed by atoms with Gasteiger partial charge in [-0.05, 0) is 45.9 Å². The normalized spacial score (nSPS) is 28.4. The lowest BCUT2D eigenvalue weighted by Gasteiger charge is -2.13. The molecule has 3 aromatic carbocycles. The summed E-state index contributed by atoms with van der Waals surface area (Å²) in [6, 6.07) is 18.4. The molecule has 0 N–H and O–H groups in total. The van der Waals surface area contributed by atoms with Gasteiger partial charge in [0.1, 0.15) is 0 Å². The predicted molar refractivity (Wildman–Crippen MR) is 109 cm³/mol. The van der Waals surface area contributed by atoms with E-state index in [0.717, 1.165) is 38.5 Å². The maximum atomic E-state index is 12.9. The number of amides is 2. The van der Waals surface area contributed by atoms with E-state index in [9.17, 15) is 9.59 Å². The molecule has 4 heteroatoms. The smallest absolute Gasteiger partial charge is 0.254 e. The van der Waals surface area contributed by atoms with Crippen LogP contribution in [0.4, 0.5) is 0 Å². The summed E-state index contributed by atoms with van der Waals surface area (Å²) in [5.41, 5.74) is 0.937. The van der Waals surface area contributed by atoms with Crippen LogP contribution in [0.3, 0.4) is 0 Å². The van der Waals surface area contributed by atoms with E-state index >= 15 is 0 Å². The van der Waals surface area contributed by atoms with Crippen molar-refractivity contribution in [2.75, 3.05) is 0 Å². The molecule has 3 aromatic rings. The molecule has 0 spiro atoms. The SMILES string of the molecule is O=C1[C@H]2[C@H](C(=O)N1/N=C\c1c3ccccc3cc3ccccc13)[C@H]1C=C[C@H]2C1. The monoisotopic (exact) mass is 366 g/mol. The summed E-state index contributed by atoms with van der Waals surface area (Å²) in [5.74, 6) is -0.330. The molecular formula is C24H18N2O2. The topological polar surface area (TPSA) is 49.7 Å². The van der Waals surface area contributed by atoms with E-state index in [0.29, 0.717) is 0 Å². The minimum Gasteiger partial charge on any atom is -0.272 e. The van der Waals surface area contributed by atoms with Crippen LogP contribution >= 0.6 is 0 Å². The molecule has 0 radical (unpaired) electrons. The van der Waals surface area contributed by atoms with Crippen LogP contribution in [0.2, 0.25) is 0 Å². The molecule has 2 aliphatic carbocycles. The van der Waals surface area contributed by atoms with Gasteiger partial charge in [-0.2, -0.15) is 10.1 Å². The number of rotatable bonds is 2. The van der Waals surface area contributed by atoms with E-state index in [1.165, 1.54) is 0 Å². The molecule has 2 fully saturated rings. The van der Waals surface area contributed by atoms with Crippen LogP contribution in [0.1, 0.15) is 12.0 Å². The number of hydrogen-bond donors (Lipinski definition) is 0. The maximum Gasteiger partial charge on any atom is 0.254 e. The van der Waals surface area contributed by atoms with Gasteiger partial charge in [0.25, 0.3) is 11.8 Å². The van der Waals surface area contributed by atoms with Gasteiger partial charge in [-0.1, -0.05) is 60.7 Å². The van der Waals surface area contributed by atoms with E-state index in [-0.39, 0.29) is 35.5 Å². The minimum atomic E-state index is -0.219. The number of carbonyl (C=O) groups is 2. The fourth-order valence-electron chi connectivity index (χ4n) is 5.30. The molecule has 1 saturated heterocycles. The third-order valence-electron chi connectivity index (χ3n) is 6.56. The van der Waals surface area contributed by atoms with Crippen molar-refractivity contribution in [1.29, 1.82) is 0 Å². The van der Waals surface area contributed by atoms with E-state index in [1.807, 2.05) is 24.3 Å². The summed E-state index contributed by atoms with van der Waals surface area (Å²) < 4.78 is 0. The van der Waals surface area contributed by atoms with Crippen molar-refractivity contribution in [3.63, 3.8) is 0 Å². The van der Waals surface area contributed by atoms with Crippen LogP contribution in [0, 0.1) is 23.7 Å². The third-order valence-corrected chi connectivity index (χ3v) is 6.56. The van der Waals surface area contributed by atoms with Crippen LogP contribution in [0.25, 0.3) is 21.5 Å². The average molecular weight is 366 g/mol. The molecule has 4 nitrogen and oxygen atoms in total. The van der Waals surface area contributed by atoms with Crippen molar-refractivity contribution in [1.82, 2.24) is 5.01 Å². The highest BCUT2D eigenvalue weighted by molar-refractivity contribution is 6.14. The van der Waals surface area contributed by atoms with E-state index in [1.54, 1.807) is 6.21 Å². The van der Waals surface area contributed by atoms with Crippen molar-refractivity contribution in [3.05, 3.63) is 72.3 Å². The lowest BCUT2D eigenvalue weighted by molar-refractivity contribution is -0.140. The van der Waals surface area contributed by atoms with E-state index in [2.05, 4.69) is 47.6 Å². The average Bonchev–Trinajstić information content (AvgIpc) is 3.40. The van der Waals surface area contributed by atoms with Crippen LogP contribution < -0.4 is 0 Å². The van der Waals surface area contributed by atoms with Gasteiger partial charge in [0, 0.05) is 5.56 Å². The molecule has 3 aliphatic rings. The largest absolute Gasteiger partial charge is 0.272 e. The van der Waals surface area contributed by atoms with E-state index in [4.69, 9.17) is 0 Å². The molecular weight excluding hydrogens is 348 g/mol. The zero-order chi connectivity index (χ0) is 18.8. The number of hydrazone groups is 1. The van der Waals surface area contributed by atoms with Gasteiger partial charge in [-0.3, -0.25) is 9.59 Å². The summed E-state index contributed by atoms with van der Waals surface area (Å²) in [6.45, 7) is 0. The molecule has 6 rings (SSSR count). The molecule has 4 atom stereocenters. The second kappa shape index (κ2) is 5.61. The second-order valence-electron chi connectivity index (χ2n) is 7.97. The van der Waals surface area contributed by atoms with Crippen molar-refractivity contribution >= 4 is 39.6 Å². The number of imide groups is 1. The quantitative estimate of drug-likeness (QED) is 0.296. The van der Waals surface area contributed by atoms with Gasteiger partial charge in [-0.15, -0.1) is 0 Å². The zero-order valence-electron chi connectivity index (χ0n) is 15.2. The number of allylic oxidation sites excluding steroid dienone is 2. The molecule has 2 bridgehead atoms. The Morgan fingerprint density at radius 2 is 1.36 bits per heavy atom. The second-order valence-corrected chi connectivity index (χ2v) is 7.97.